The van der Waals surface area contributed by atoms with E-state index in [0.29, 0.717) is 19.1 Å². The third-order valence-electron chi connectivity index (χ3n) is 3.63. The fourth-order valence-electron chi connectivity index (χ4n) is 2.39. The molecule has 0 aliphatic carbocycles. The number of hydrogen-bond acceptors (Lipinski definition) is 3. The lowest BCUT2D eigenvalue weighted by Gasteiger charge is -2.11. The van der Waals surface area contributed by atoms with Gasteiger partial charge in [0.25, 0.3) is 0 Å². The van der Waals surface area contributed by atoms with E-state index >= 15 is 0 Å². The van der Waals surface area contributed by atoms with Crippen LogP contribution in [0.4, 0.5) is 0 Å². The van der Waals surface area contributed by atoms with Gasteiger partial charge in [-0.05, 0) is 18.1 Å². The zero-order valence-corrected chi connectivity index (χ0v) is 16.9. The van der Waals surface area contributed by atoms with Gasteiger partial charge in [-0.1, -0.05) is 18.2 Å². The Morgan fingerprint density at radius 1 is 1.20 bits per heavy atom. The van der Waals surface area contributed by atoms with E-state index in [1.807, 2.05) is 18.3 Å². The summed E-state index contributed by atoms with van der Waals surface area (Å²) in [6, 6.07) is 8.23. The number of benzene rings is 1. The number of H-pyrrole nitrogens is 1. The molecule has 7 nitrogen and oxygen atoms in total. The maximum absolute atomic E-state index is 11.6. The zero-order chi connectivity index (χ0) is 17.2. The van der Waals surface area contributed by atoms with Crippen molar-refractivity contribution in [2.24, 2.45) is 4.99 Å². The number of aliphatic imine (C=N–C) groups is 1. The van der Waals surface area contributed by atoms with Gasteiger partial charge in [0.05, 0.1) is 13.2 Å². The largest absolute Gasteiger partial charge is 0.383 e. The molecule has 0 aliphatic rings. The minimum absolute atomic E-state index is 0. The Hall–Kier alpha value is -1.81. The van der Waals surface area contributed by atoms with Crippen molar-refractivity contribution in [3.05, 3.63) is 36.0 Å². The number of hydrogen-bond donors (Lipinski definition) is 4. The minimum Gasteiger partial charge on any atom is -0.383 e. The van der Waals surface area contributed by atoms with Gasteiger partial charge in [0, 0.05) is 44.3 Å². The summed E-state index contributed by atoms with van der Waals surface area (Å²) in [6.45, 7) is 1.91. The van der Waals surface area contributed by atoms with Gasteiger partial charge in [-0.3, -0.25) is 9.79 Å². The van der Waals surface area contributed by atoms with E-state index in [-0.39, 0.29) is 36.4 Å². The molecule has 0 unspecified atom stereocenters. The van der Waals surface area contributed by atoms with Crippen molar-refractivity contribution < 1.29 is 9.53 Å². The molecule has 0 saturated carbocycles. The van der Waals surface area contributed by atoms with Crippen molar-refractivity contribution in [2.45, 2.75) is 6.42 Å². The van der Waals surface area contributed by atoms with E-state index < -0.39 is 0 Å². The first-order chi connectivity index (χ1) is 11.7. The normalized spacial score (nSPS) is 11.0. The molecular weight excluding hydrogens is 433 g/mol. The van der Waals surface area contributed by atoms with Crippen LogP contribution in [0.5, 0.6) is 0 Å². The van der Waals surface area contributed by atoms with E-state index in [1.54, 1.807) is 14.2 Å². The number of methoxy groups -OCH3 is 1. The van der Waals surface area contributed by atoms with Gasteiger partial charge in [0.1, 0.15) is 0 Å². The summed E-state index contributed by atoms with van der Waals surface area (Å²) in [5.41, 5.74) is 2.40. The highest BCUT2D eigenvalue weighted by molar-refractivity contribution is 14.0. The van der Waals surface area contributed by atoms with Crippen LogP contribution in [0.25, 0.3) is 10.9 Å². The number of amides is 1. The Morgan fingerprint density at radius 3 is 2.76 bits per heavy atom. The van der Waals surface area contributed by atoms with Gasteiger partial charge in [-0.15, -0.1) is 24.0 Å². The first kappa shape index (κ1) is 21.2. The molecule has 4 N–H and O–H groups in total. The number of halogens is 1. The van der Waals surface area contributed by atoms with Crippen LogP contribution in [0.2, 0.25) is 0 Å². The van der Waals surface area contributed by atoms with Crippen LogP contribution in [0.15, 0.2) is 35.5 Å². The Labute approximate surface area is 165 Å². The highest BCUT2D eigenvalue weighted by Crippen LogP contribution is 2.17. The second-order valence-corrected chi connectivity index (χ2v) is 5.30. The second kappa shape index (κ2) is 11.7. The smallest absolute Gasteiger partial charge is 0.239 e. The number of para-hydroxylation sites is 1. The molecule has 1 heterocycles. The van der Waals surface area contributed by atoms with Crippen LogP contribution in [-0.2, 0) is 16.0 Å². The zero-order valence-electron chi connectivity index (χ0n) is 14.6. The van der Waals surface area contributed by atoms with E-state index in [2.05, 4.69) is 38.1 Å². The summed E-state index contributed by atoms with van der Waals surface area (Å²) in [5, 5.41) is 10.2. The van der Waals surface area contributed by atoms with Crippen molar-refractivity contribution in [3.63, 3.8) is 0 Å². The van der Waals surface area contributed by atoms with E-state index in [4.69, 9.17) is 4.74 Å². The molecule has 0 fully saturated rings. The van der Waals surface area contributed by atoms with Gasteiger partial charge in [-0.2, -0.15) is 0 Å². The molecule has 0 spiro atoms. The number of nitrogens with zero attached hydrogens (tertiary/aromatic N) is 1. The molecule has 25 heavy (non-hydrogen) atoms. The lowest BCUT2D eigenvalue weighted by atomic mass is 10.1. The summed E-state index contributed by atoms with van der Waals surface area (Å²) < 4.78 is 4.88. The van der Waals surface area contributed by atoms with Gasteiger partial charge >= 0.3 is 0 Å². The average Bonchev–Trinajstić information content (AvgIpc) is 3.01. The number of aromatic amines is 1. The molecule has 0 bridgehead atoms. The first-order valence-electron chi connectivity index (χ1n) is 7.99. The quantitative estimate of drug-likeness (QED) is 0.207. The number of carbonyl (C=O) groups is 1. The first-order valence-corrected chi connectivity index (χ1v) is 7.99. The maximum atomic E-state index is 11.6. The van der Waals surface area contributed by atoms with E-state index in [0.717, 1.165) is 18.5 Å². The van der Waals surface area contributed by atoms with Crippen molar-refractivity contribution in [1.29, 1.82) is 0 Å². The molecule has 1 aromatic heterocycles. The number of fused-ring (bicyclic) bond motifs is 1. The molecule has 0 atom stereocenters. The summed E-state index contributed by atoms with van der Waals surface area (Å²) in [7, 11) is 3.29. The van der Waals surface area contributed by atoms with Gasteiger partial charge < -0.3 is 25.7 Å². The van der Waals surface area contributed by atoms with Crippen LogP contribution in [0, 0.1) is 0 Å². The lowest BCUT2D eigenvalue weighted by Crippen LogP contribution is -2.44. The molecule has 8 heteroatoms. The van der Waals surface area contributed by atoms with Crippen LogP contribution in [0.1, 0.15) is 5.56 Å². The molecule has 0 saturated heterocycles. The Morgan fingerprint density at radius 2 is 2.00 bits per heavy atom. The topological polar surface area (TPSA) is 90.5 Å². The summed E-state index contributed by atoms with van der Waals surface area (Å²) in [4.78, 5) is 19.0. The van der Waals surface area contributed by atoms with Gasteiger partial charge in [0.2, 0.25) is 5.91 Å². The standard InChI is InChI=1S/C17H25N5O2.HI/c1-18-17(22-12-16(23)19-9-10-24-2)20-8-7-13-11-21-15-6-4-3-5-14(13)15;/h3-6,11,21H,7-10,12H2,1-2H3,(H,19,23)(H2,18,20,22);1H. The monoisotopic (exact) mass is 459 g/mol. The molecule has 1 aromatic carbocycles. The molecular formula is C17H26IN5O2. The van der Waals surface area contributed by atoms with Crippen molar-refractivity contribution >= 4 is 46.7 Å². The number of aromatic nitrogens is 1. The molecule has 138 valence electrons. The number of ether oxygens (including phenoxy) is 1. The number of nitrogens with one attached hydrogen (secondary N) is 4. The number of carbonyl (C=O) groups excluding carboxylic acids is 1. The predicted molar refractivity (Wildman–Crippen MR) is 112 cm³/mol. The Balaban J connectivity index is 0.00000312. The van der Waals surface area contributed by atoms with Gasteiger partial charge in [0.15, 0.2) is 5.96 Å². The fourth-order valence-corrected chi connectivity index (χ4v) is 2.39. The van der Waals surface area contributed by atoms with Crippen LogP contribution in [-0.4, -0.2) is 57.2 Å². The molecule has 2 rings (SSSR count). The molecule has 0 radical (unpaired) electrons. The van der Waals surface area contributed by atoms with Crippen LogP contribution < -0.4 is 16.0 Å². The molecule has 2 aromatic rings. The number of rotatable bonds is 8. The summed E-state index contributed by atoms with van der Waals surface area (Å²) in [6.07, 6.45) is 2.90. The highest BCUT2D eigenvalue weighted by Gasteiger charge is 2.05. The van der Waals surface area contributed by atoms with Crippen molar-refractivity contribution in [1.82, 2.24) is 20.9 Å². The number of guanidine groups is 1. The predicted octanol–water partition coefficient (Wildman–Crippen LogP) is 1.26. The van der Waals surface area contributed by atoms with E-state index in [1.165, 1.54) is 10.9 Å². The fraction of sp³-hybridized carbons (Fsp3) is 0.412. The molecule has 0 aliphatic heterocycles. The lowest BCUT2D eigenvalue weighted by molar-refractivity contribution is -0.120. The highest BCUT2D eigenvalue weighted by atomic mass is 127. The third kappa shape index (κ3) is 6.91. The van der Waals surface area contributed by atoms with Crippen molar-refractivity contribution in [2.75, 3.05) is 40.4 Å². The minimum atomic E-state index is -0.0911. The maximum Gasteiger partial charge on any atom is 0.239 e. The Bertz CT molecular complexity index is 686. The van der Waals surface area contributed by atoms with Crippen molar-refractivity contribution in [3.8, 4) is 0 Å². The summed E-state index contributed by atoms with van der Waals surface area (Å²) in [5.74, 6) is 0.517. The SMILES string of the molecule is CN=C(NCCc1c[nH]c2ccccc12)NCC(=O)NCCOC.I. The van der Waals surface area contributed by atoms with Gasteiger partial charge in [-0.25, -0.2) is 0 Å². The summed E-state index contributed by atoms with van der Waals surface area (Å²) >= 11 is 0. The third-order valence-corrected chi connectivity index (χ3v) is 3.63. The Kier molecular flexibility index (Phi) is 9.93. The molecule has 1 amide bonds. The van der Waals surface area contributed by atoms with Crippen LogP contribution >= 0.6 is 24.0 Å². The van der Waals surface area contributed by atoms with Crippen LogP contribution in [0.3, 0.4) is 0 Å². The second-order valence-electron chi connectivity index (χ2n) is 5.30. The van der Waals surface area contributed by atoms with E-state index in [9.17, 15) is 4.79 Å². The average molecular weight is 459 g/mol.